The number of ether oxygens (including phenoxy) is 4. The van der Waals surface area contributed by atoms with Gasteiger partial charge in [0, 0.05) is 25.4 Å². The van der Waals surface area contributed by atoms with Crippen LogP contribution in [-0.4, -0.2) is 51.5 Å². The Morgan fingerprint density at radius 3 is 2.89 bits per heavy atom. The molecule has 3 rings (SSSR count). The molecule has 6 nitrogen and oxygen atoms in total. The van der Waals surface area contributed by atoms with Crippen molar-refractivity contribution in [2.24, 2.45) is 5.41 Å². The van der Waals surface area contributed by atoms with E-state index in [-0.39, 0.29) is 24.2 Å². The van der Waals surface area contributed by atoms with Gasteiger partial charge in [0.25, 0.3) is 0 Å². The van der Waals surface area contributed by atoms with E-state index in [0.717, 1.165) is 19.3 Å². The maximum Gasteiger partial charge on any atom is 0.221 e. The summed E-state index contributed by atoms with van der Waals surface area (Å²) in [6, 6.07) is -0.0591. The van der Waals surface area contributed by atoms with Crippen LogP contribution in [0.4, 0.5) is 0 Å². The second-order valence-electron chi connectivity index (χ2n) is 5.76. The van der Waals surface area contributed by atoms with Gasteiger partial charge in [-0.05, 0) is 12.8 Å². The van der Waals surface area contributed by atoms with Gasteiger partial charge in [0.2, 0.25) is 5.91 Å². The molecule has 1 N–H and O–H groups in total. The molecule has 2 aliphatic heterocycles. The molecule has 3 aliphatic rings. The number of carbonyl (C=O) groups excluding carboxylic acids is 1. The van der Waals surface area contributed by atoms with Crippen LogP contribution in [0.1, 0.15) is 25.7 Å². The van der Waals surface area contributed by atoms with Crippen molar-refractivity contribution in [1.29, 1.82) is 0 Å². The van der Waals surface area contributed by atoms with Crippen molar-refractivity contribution in [2.45, 2.75) is 37.5 Å². The van der Waals surface area contributed by atoms with Gasteiger partial charge in [-0.25, -0.2) is 0 Å². The maximum absolute atomic E-state index is 11.9. The zero-order valence-electron chi connectivity index (χ0n) is 11.3. The van der Waals surface area contributed by atoms with Crippen molar-refractivity contribution in [3.05, 3.63) is 0 Å². The van der Waals surface area contributed by atoms with Gasteiger partial charge >= 0.3 is 0 Å². The van der Waals surface area contributed by atoms with Gasteiger partial charge in [-0.3, -0.25) is 4.79 Å². The van der Waals surface area contributed by atoms with Crippen LogP contribution in [-0.2, 0) is 23.7 Å². The predicted molar refractivity (Wildman–Crippen MR) is 65.3 cm³/mol. The first-order valence-corrected chi connectivity index (χ1v) is 6.82. The van der Waals surface area contributed by atoms with Gasteiger partial charge in [0.1, 0.15) is 6.79 Å². The molecule has 2 bridgehead atoms. The highest BCUT2D eigenvalue weighted by atomic mass is 16.7. The van der Waals surface area contributed by atoms with Crippen LogP contribution in [0.5, 0.6) is 0 Å². The lowest BCUT2D eigenvalue weighted by atomic mass is 9.65. The topological polar surface area (TPSA) is 66.0 Å². The minimum absolute atomic E-state index is 0.0591. The first kappa shape index (κ1) is 13.3. The molecule has 0 aromatic rings. The van der Waals surface area contributed by atoms with E-state index in [1.165, 1.54) is 0 Å². The van der Waals surface area contributed by atoms with Gasteiger partial charge in [0.05, 0.1) is 25.9 Å². The lowest BCUT2D eigenvalue weighted by Gasteiger charge is -2.51. The number of piperidine rings is 1. The van der Waals surface area contributed by atoms with Crippen LogP contribution < -0.4 is 5.32 Å². The number of amides is 1. The van der Waals surface area contributed by atoms with Crippen LogP contribution in [0, 0.1) is 5.41 Å². The van der Waals surface area contributed by atoms with Crippen LogP contribution in [0.15, 0.2) is 0 Å². The molecular weight excluding hydrogens is 250 g/mol. The Bertz CT molecular complexity index is 355. The molecule has 2 saturated heterocycles. The Kier molecular flexibility index (Phi) is 3.51. The van der Waals surface area contributed by atoms with E-state index in [9.17, 15) is 4.79 Å². The maximum atomic E-state index is 11.9. The molecule has 3 fully saturated rings. The van der Waals surface area contributed by atoms with Gasteiger partial charge < -0.3 is 24.3 Å². The van der Waals surface area contributed by atoms with E-state index >= 15 is 0 Å². The molecule has 0 unspecified atom stereocenters. The van der Waals surface area contributed by atoms with E-state index in [1.807, 2.05) is 0 Å². The van der Waals surface area contributed by atoms with E-state index in [0.29, 0.717) is 26.2 Å². The lowest BCUT2D eigenvalue weighted by Crippen LogP contribution is -2.63. The smallest absolute Gasteiger partial charge is 0.221 e. The van der Waals surface area contributed by atoms with Crippen molar-refractivity contribution in [3.8, 4) is 0 Å². The summed E-state index contributed by atoms with van der Waals surface area (Å²) in [7, 11) is 1.60. The van der Waals surface area contributed by atoms with Gasteiger partial charge in [-0.2, -0.15) is 0 Å². The zero-order chi connectivity index (χ0) is 13.3. The zero-order valence-corrected chi connectivity index (χ0v) is 11.3. The number of nitrogens with one attached hydrogen (secondary N) is 1. The molecule has 2 heterocycles. The summed E-state index contributed by atoms with van der Waals surface area (Å²) < 4.78 is 22.0. The summed E-state index contributed by atoms with van der Waals surface area (Å²) in [4.78, 5) is 11.9. The SMILES string of the molecule is COCOC[C@@]12CCC3(OCCO3)[C@@H](C1)NC(=O)C2. The van der Waals surface area contributed by atoms with Crippen molar-refractivity contribution in [1.82, 2.24) is 5.32 Å². The minimum atomic E-state index is -0.596. The molecule has 0 aromatic carbocycles. The number of hydrogen-bond acceptors (Lipinski definition) is 5. The summed E-state index contributed by atoms with van der Waals surface area (Å²) in [5.41, 5.74) is -0.0912. The molecule has 19 heavy (non-hydrogen) atoms. The molecule has 1 saturated carbocycles. The minimum Gasteiger partial charge on any atom is -0.359 e. The fourth-order valence-electron chi connectivity index (χ4n) is 3.55. The normalized spacial score (nSPS) is 36.5. The number of carbonyl (C=O) groups is 1. The molecule has 1 spiro atoms. The highest BCUT2D eigenvalue weighted by Crippen LogP contribution is 2.49. The average molecular weight is 271 g/mol. The average Bonchev–Trinajstić information content (AvgIpc) is 2.85. The Hall–Kier alpha value is -0.690. The van der Waals surface area contributed by atoms with Gasteiger partial charge in [-0.15, -0.1) is 0 Å². The van der Waals surface area contributed by atoms with Crippen molar-refractivity contribution >= 4 is 5.91 Å². The van der Waals surface area contributed by atoms with Crippen molar-refractivity contribution in [3.63, 3.8) is 0 Å². The van der Waals surface area contributed by atoms with Crippen LogP contribution in [0.25, 0.3) is 0 Å². The monoisotopic (exact) mass is 271 g/mol. The van der Waals surface area contributed by atoms with Crippen LogP contribution in [0.2, 0.25) is 0 Å². The number of rotatable bonds is 4. The molecule has 0 aromatic heterocycles. The summed E-state index contributed by atoms with van der Waals surface area (Å²) in [6.07, 6.45) is 3.07. The second-order valence-corrected chi connectivity index (χ2v) is 5.76. The first-order chi connectivity index (χ1) is 9.18. The highest BCUT2D eigenvalue weighted by molar-refractivity contribution is 5.78. The summed E-state index contributed by atoms with van der Waals surface area (Å²) in [5.74, 6) is -0.531. The Morgan fingerprint density at radius 1 is 1.37 bits per heavy atom. The Morgan fingerprint density at radius 2 is 2.16 bits per heavy atom. The highest BCUT2D eigenvalue weighted by Gasteiger charge is 2.56. The Balaban J connectivity index is 1.72. The van der Waals surface area contributed by atoms with E-state index < -0.39 is 5.79 Å². The van der Waals surface area contributed by atoms with Gasteiger partial charge in [-0.1, -0.05) is 0 Å². The summed E-state index contributed by atoms with van der Waals surface area (Å²) >= 11 is 0. The fraction of sp³-hybridized carbons (Fsp3) is 0.923. The molecule has 2 atom stereocenters. The summed E-state index contributed by atoms with van der Waals surface area (Å²) in [5, 5.41) is 3.02. The number of fused-ring (bicyclic) bond motifs is 3. The second kappa shape index (κ2) is 5.01. The number of hydrogen-bond donors (Lipinski definition) is 1. The van der Waals surface area contributed by atoms with Crippen LogP contribution in [0.3, 0.4) is 0 Å². The molecule has 1 aliphatic carbocycles. The van der Waals surface area contributed by atoms with E-state index in [1.54, 1.807) is 7.11 Å². The van der Waals surface area contributed by atoms with Crippen molar-refractivity contribution in [2.75, 3.05) is 33.7 Å². The van der Waals surface area contributed by atoms with E-state index in [2.05, 4.69) is 5.32 Å². The largest absolute Gasteiger partial charge is 0.359 e. The van der Waals surface area contributed by atoms with Crippen LogP contribution >= 0.6 is 0 Å². The molecule has 108 valence electrons. The van der Waals surface area contributed by atoms with Crippen molar-refractivity contribution < 1.29 is 23.7 Å². The molecule has 0 radical (unpaired) electrons. The quantitative estimate of drug-likeness (QED) is 0.592. The molecular formula is C13H21NO5. The Labute approximate surface area is 112 Å². The third-order valence-corrected chi connectivity index (χ3v) is 4.43. The molecule has 1 amide bonds. The third kappa shape index (κ3) is 2.38. The predicted octanol–water partition coefficient (Wildman–Crippen LogP) is 0.409. The summed E-state index contributed by atoms with van der Waals surface area (Å²) in [6.45, 7) is 2.05. The third-order valence-electron chi connectivity index (χ3n) is 4.43. The lowest BCUT2D eigenvalue weighted by molar-refractivity contribution is -0.225. The molecule has 6 heteroatoms. The standard InChI is InChI=1S/C13H21NO5/c1-16-9-17-8-12-2-3-13(18-4-5-19-13)10(6-12)14-11(15)7-12/h10H,2-9H2,1H3,(H,14,15)/t10-,12+/m1/s1. The van der Waals surface area contributed by atoms with E-state index in [4.69, 9.17) is 18.9 Å². The first-order valence-electron chi connectivity index (χ1n) is 6.82. The fourth-order valence-corrected chi connectivity index (χ4v) is 3.55. The van der Waals surface area contributed by atoms with Gasteiger partial charge in [0.15, 0.2) is 5.79 Å². The number of methoxy groups -OCH3 is 1.